The van der Waals surface area contributed by atoms with Gasteiger partial charge in [0, 0.05) is 24.5 Å². The summed E-state index contributed by atoms with van der Waals surface area (Å²) in [5.41, 5.74) is 2.15. The van der Waals surface area contributed by atoms with Gasteiger partial charge in [0.2, 0.25) is 0 Å². The van der Waals surface area contributed by atoms with Crippen molar-refractivity contribution in [2.45, 2.75) is 26.2 Å². The van der Waals surface area contributed by atoms with Gasteiger partial charge in [-0.15, -0.1) is 0 Å². The highest BCUT2D eigenvalue weighted by Gasteiger charge is 2.12. The minimum Gasteiger partial charge on any atom is -0.329 e. The van der Waals surface area contributed by atoms with Gasteiger partial charge in [-0.25, -0.2) is 9.97 Å². The second-order valence-corrected chi connectivity index (χ2v) is 5.48. The molecule has 0 saturated heterocycles. The average molecular weight is 291 g/mol. The number of nitrogens with zero attached hydrogens (tertiary/aromatic N) is 3. The molecule has 3 aromatic rings. The summed E-state index contributed by atoms with van der Waals surface area (Å²) in [6.07, 6.45) is 3.20. The van der Waals surface area contributed by atoms with Crippen LogP contribution in [0.3, 0.4) is 0 Å². The third kappa shape index (κ3) is 2.93. The van der Waals surface area contributed by atoms with Crippen LogP contribution in [0.4, 0.5) is 11.5 Å². The smallest absolute Gasteiger partial charge is 0.144 e. The van der Waals surface area contributed by atoms with Crippen LogP contribution in [0.5, 0.6) is 0 Å². The molecule has 0 atom stereocenters. The minimum absolute atomic E-state index is 0.928. The molecular formula is C19H21N3. The van der Waals surface area contributed by atoms with Crippen molar-refractivity contribution < 1.29 is 0 Å². The molecule has 0 N–H and O–H groups in total. The molecule has 0 aliphatic carbocycles. The van der Waals surface area contributed by atoms with Crippen molar-refractivity contribution in [1.82, 2.24) is 9.97 Å². The Labute approximate surface area is 131 Å². The van der Waals surface area contributed by atoms with Gasteiger partial charge in [-0.1, -0.05) is 43.7 Å². The van der Waals surface area contributed by atoms with E-state index >= 15 is 0 Å². The first kappa shape index (κ1) is 14.5. The van der Waals surface area contributed by atoms with Crippen LogP contribution in [0, 0.1) is 0 Å². The second kappa shape index (κ2) is 6.56. The molecule has 0 amide bonds. The fourth-order valence-corrected chi connectivity index (χ4v) is 2.58. The summed E-state index contributed by atoms with van der Waals surface area (Å²) in [5, 5.41) is 1.09. The maximum absolute atomic E-state index is 4.83. The molecular weight excluding hydrogens is 270 g/mol. The molecule has 22 heavy (non-hydrogen) atoms. The fraction of sp³-hybridized carbons (Fsp3) is 0.263. The zero-order valence-corrected chi connectivity index (χ0v) is 13.2. The molecule has 3 heteroatoms. The summed E-state index contributed by atoms with van der Waals surface area (Å²) >= 11 is 0. The number of aryl methyl sites for hydroxylation is 1. The van der Waals surface area contributed by atoms with Gasteiger partial charge in [-0.3, -0.25) is 0 Å². The average Bonchev–Trinajstić information content (AvgIpc) is 2.59. The van der Waals surface area contributed by atoms with Crippen LogP contribution in [0.1, 0.15) is 25.6 Å². The normalized spacial score (nSPS) is 10.8. The minimum atomic E-state index is 0.928. The van der Waals surface area contributed by atoms with Gasteiger partial charge in [-0.05, 0) is 30.7 Å². The van der Waals surface area contributed by atoms with Crippen LogP contribution >= 0.6 is 0 Å². The zero-order valence-electron chi connectivity index (χ0n) is 13.2. The van der Waals surface area contributed by atoms with Crippen LogP contribution in [-0.4, -0.2) is 17.0 Å². The van der Waals surface area contributed by atoms with E-state index in [0.29, 0.717) is 0 Å². The second-order valence-electron chi connectivity index (χ2n) is 5.48. The van der Waals surface area contributed by atoms with Gasteiger partial charge in [0.25, 0.3) is 0 Å². The third-order valence-electron chi connectivity index (χ3n) is 3.84. The number of fused-ring (bicyclic) bond motifs is 1. The Morgan fingerprint density at radius 1 is 0.909 bits per heavy atom. The quantitative estimate of drug-likeness (QED) is 0.680. The first-order valence-corrected chi connectivity index (χ1v) is 7.84. The van der Waals surface area contributed by atoms with Crippen LogP contribution in [0.25, 0.3) is 10.9 Å². The number of unbranched alkanes of at least 4 members (excludes halogenated alkanes) is 1. The molecule has 0 radical (unpaired) electrons. The first-order chi connectivity index (χ1) is 10.8. The lowest BCUT2D eigenvalue weighted by Crippen LogP contribution is -2.13. The highest BCUT2D eigenvalue weighted by Crippen LogP contribution is 2.28. The van der Waals surface area contributed by atoms with E-state index in [2.05, 4.69) is 43.1 Å². The molecule has 0 spiro atoms. The van der Waals surface area contributed by atoms with E-state index in [9.17, 15) is 0 Å². The highest BCUT2D eigenvalue weighted by atomic mass is 15.2. The summed E-state index contributed by atoms with van der Waals surface area (Å²) in [6, 6.07) is 18.6. The van der Waals surface area contributed by atoms with E-state index in [1.165, 1.54) is 0 Å². The van der Waals surface area contributed by atoms with Crippen LogP contribution in [0.2, 0.25) is 0 Å². The molecule has 0 aliphatic heterocycles. The van der Waals surface area contributed by atoms with E-state index < -0.39 is 0 Å². The summed E-state index contributed by atoms with van der Waals surface area (Å²) < 4.78 is 0. The lowest BCUT2D eigenvalue weighted by molar-refractivity contribution is 0.756. The Morgan fingerprint density at radius 2 is 1.64 bits per heavy atom. The van der Waals surface area contributed by atoms with Gasteiger partial charge in [0.1, 0.15) is 11.6 Å². The number of hydrogen-bond donors (Lipinski definition) is 0. The summed E-state index contributed by atoms with van der Waals surface area (Å²) in [4.78, 5) is 11.7. The van der Waals surface area contributed by atoms with E-state index in [1.807, 2.05) is 30.3 Å². The van der Waals surface area contributed by atoms with E-state index in [0.717, 1.165) is 47.5 Å². The number of para-hydroxylation sites is 2. The molecule has 0 aliphatic rings. The van der Waals surface area contributed by atoms with Crippen molar-refractivity contribution in [2.75, 3.05) is 11.9 Å². The molecule has 1 heterocycles. The Bertz CT molecular complexity index is 753. The summed E-state index contributed by atoms with van der Waals surface area (Å²) in [6.45, 7) is 2.19. The van der Waals surface area contributed by atoms with Crippen molar-refractivity contribution in [3.63, 3.8) is 0 Å². The maximum atomic E-state index is 4.83. The van der Waals surface area contributed by atoms with Crippen LogP contribution in [0.15, 0.2) is 54.6 Å². The van der Waals surface area contributed by atoms with Crippen molar-refractivity contribution in [2.24, 2.45) is 0 Å². The monoisotopic (exact) mass is 291 g/mol. The topological polar surface area (TPSA) is 29.0 Å². The summed E-state index contributed by atoms with van der Waals surface area (Å²) in [5.74, 6) is 1.90. The predicted octanol–water partition coefficient (Wildman–Crippen LogP) is 4.74. The Kier molecular flexibility index (Phi) is 4.33. The third-order valence-corrected chi connectivity index (χ3v) is 3.84. The highest BCUT2D eigenvalue weighted by molar-refractivity contribution is 5.91. The largest absolute Gasteiger partial charge is 0.329 e. The first-order valence-electron chi connectivity index (χ1n) is 7.84. The van der Waals surface area contributed by atoms with Crippen LogP contribution < -0.4 is 4.90 Å². The SMILES string of the molecule is CCCCc1nc(N(C)c2ccccc2)c2ccccc2n1. The predicted molar refractivity (Wildman–Crippen MR) is 92.7 cm³/mol. The van der Waals surface area contributed by atoms with E-state index in [4.69, 9.17) is 9.97 Å². The molecule has 1 aromatic heterocycles. The number of benzene rings is 2. The van der Waals surface area contributed by atoms with Crippen molar-refractivity contribution in [3.8, 4) is 0 Å². The van der Waals surface area contributed by atoms with Crippen molar-refractivity contribution >= 4 is 22.4 Å². The molecule has 2 aromatic carbocycles. The number of rotatable bonds is 5. The van der Waals surface area contributed by atoms with Crippen LogP contribution in [-0.2, 0) is 6.42 Å². The molecule has 112 valence electrons. The van der Waals surface area contributed by atoms with Gasteiger partial charge in [0.15, 0.2) is 0 Å². The Morgan fingerprint density at radius 3 is 2.41 bits per heavy atom. The molecule has 3 rings (SSSR count). The molecule has 0 bridgehead atoms. The lowest BCUT2D eigenvalue weighted by Gasteiger charge is -2.20. The van der Waals surface area contributed by atoms with Gasteiger partial charge >= 0.3 is 0 Å². The van der Waals surface area contributed by atoms with Gasteiger partial charge in [-0.2, -0.15) is 0 Å². The molecule has 0 unspecified atom stereocenters. The van der Waals surface area contributed by atoms with Gasteiger partial charge in [0.05, 0.1) is 5.52 Å². The standard InChI is InChI=1S/C19H21N3/c1-3-4-14-18-20-17-13-9-8-12-16(17)19(21-18)22(2)15-10-6-5-7-11-15/h5-13H,3-4,14H2,1-2H3. The number of anilines is 2. The fourth-order valence-electron chi connectivity index (χ4n) is 2.58. The number of aromatic nitrogens is 2. The van der Waals surface area contributed by atoms with E-state index in [-0.39, 0.29) is 0 Å². The molecule has 0 fully saturated rings. The number of hydrogen-bond acceptors (Lipinski definition) is 3. The van der Waals surface area contributed by atoms with E-state index in [1.54, 1.807) is 0 Å². The molecule has 0 saturated carbocycles. The lowest BCUT2D eigenvalue weighted by atomic mass is 10.2. The zero-order chi connectivity index (χ0) is 15.4. The molecule has 3 nitrogen and oxygen atoms in total. The van der Waals surface area contributed by atoms with Crippen molar-refractivity contribution in [1.29, 1.82) is 0 Å². The van der Waals surface area contributed by atoms with Gasteiger partial charge < -0.3 is 4.90 Å². The summed E-state index contributed by atoms with van der Waals surface area (Å²) in [7, 11) is 2.06. The maximum Gasteiger partial charge on any atom is 0.144 e. The van der Waals surface area contributed by atoms with Crippen molar-refractivity contribution in [3.05, 3.63) is 60.4 Å². The Balaban J connectivity index is 2.10. The Hall–Kier alpha value is -2.42.